The van der Waals surface area contributed by atoms with Crippen LogP contribution in [0.2, 0.25) is 38.3 Å². The average Bonchev–Trinajstić information content (AvgIpc) is 2.62. The highest BCUT2D eigenvalue weighted by Gasteiger charge is 2.32. The third-order valence-electron chi connectivity index (χ3n) is 4.65. The molecule has 0 aliphatic carbocycles. The van der Waals surface area contributed by atoms with Crippen LogP contribution in [0.15, 0.2) is 48.5 Å². The molecule has 0 amide bonds. The highest BCUT2D eigenvalue weighted by atomic mass is 28.4. The third-order valence-corrected chi connectivity index (χ3v) is 12.2. The number of benzene rings is 2. The number of hydrogen-bond donors (Lipinski definition) is 2. The van der Waals surface area contributed by atoms with E-state index in [2.05, 4.69) is 26.2 Å². The molecule has 7 heteroatoms. The van der Waals surface area contributed by atoms with Crippen LogP contribution in [-0.4, -0.2) is 29.8 Å². The van der Waals surface area contributed by atoms with Gasteiger partial charge in [-0.05, 0) is 75.4 Å². The molecule has 2 aromatic carbocycles. The summed E-state index contributed by atoms with van der Waals surface area (Å²) in [5, 5.41) is 0. The summed E-state index contributed by atoms with van der Waals surface area (Å²) in [6.07, 6.45) is 1.99. The summed E-state index contributed by atoms with van der Waals surface area (Å²) in [4.78, 5) is 0. The predicted octanol–water partition coefficient (Wildman–Crippen LogP) is 5.52. The minimum atomic E-state index is -1.72. The average molecular weight is 433 g/mol. The maximum atomic E-state index is 6.69. The molecule has 0 atom stereocenters. The summed E-state index contributed by atoms with van der Waals surface area (Å²) in [5.74, 6) is 1.67. The molecular formula is C22H36N2O3Si2. The monoisotopic (exact) mass is 432 g/mol. The fourth-order valence-corrected chi connectivity index (χ4v) is 12.2. The van der Waals surface area contributed by atoms with Crippen LogP contribution in [-0.2, 0) is 4.12 Å². The van der Waals surface area contributed by atoms with Crippen LogP contribution in [0.5, 0.6) is 11.5 Å². The zero-order valence-corrected chi connectivity index (χ0v) is 20.2. The van der Waals surface area contributed by atoms with Gasteiger partial charge in [0.25, 0.3) is 0 Å². The molecule has 5 nitrogen and oxygen atoms in total. The first kappa shape index (κ1) is 23.3. The van der Waals surface area contributed by atoms with Crippen molar-refractivity contribution in [3.8, 4) is 11.5 Å². The molecule has 0 spiro atoms. The Hall–Kier alpha value is -1.97. The first-order valence-corrected chi connectivity index (χ1v) is 16.6. The largest absolute Gasteiger partial charge is 0.494 e. The van der Waals surface area contributed by atoms with Gasteiger partial charge in [-0.1, -0.05) is 12.1 Å². The Morgan fingerprint density at radius 1 is 0.690 bits per heavy atom. The van der Waals surface area contributed by atoms with Gasteiger partial charge in [0.1, 0.15) is 11.5 Å². The number of rotatable bonds is 12. The van der Waals surface area contributed by atoms with Crippen molar-refractivity contribution >= 4 is 28.0 Å². The second-order valence-electron chi connectivity index (χ2n) is 8.67. The molecule has 0 unspecified atom stereocenters. The molecule has 0 bridgehead atoms. The first-order chi connectivity index (χ1) is 13.7. The molecule has 0 saturated carbocycles. The van der Waals surface area contributed by atoms with Crippen LogP contribution < -0.4 is 20.9 Å². The van der Waals surface area contributed by atoms with Gasteiger partial charge >= 0.3 is 0 Å². The molecule has 0 radical (unpaired) electrons. The minimum Gasteiger partial charge on any atom is -0.494 e. The van der Waals surface area contributed by atoms with Gasteiger partial charge in [-0.15, -0.1) is 0 Å². The maximum absolute atomic E-state index is 6.69. The Labute approximate surface area is 177 Å². The van der Waals surface area contributed by atoms with Crippen molar-refractivity contribution < 1.29 is 13.6 Å². The molecule has 0 saturated heterocycles. The van der Waals surface area contributed by atoms with Crippen molar-refractivity contribution in [1.29, 1.82) is 0 Å². The lowest BCUT2D eigenvalue weighted by Crippen LogP contribution is -2.44. The SMILES string of the molecule is C[Si](C)(CCCOc1cccc(N)c1)O[Si](C)(C)CCCOc1cccc(N)c1. The zero-order chi connectivity index (χ0) is 21.3. The fourth-order valence-electron chi connectivity index (χ4n) is 3.43. The summed E-state index contributed by atoms with van der Waals surface area (Å²) in [5.41, 5.74) is 13.0. The van der Waals surface area contributed by atoms with Crippen LogP contribution >= 0.6 is 0 Å². The van der Waals surface area contributed by atoms with Crippen LogP contribution in [0.4, 0.5) is 11.4 Å². The molecule has 0 fully saturated rings. The van der Waals surface area contributed by atoms with Crippen LogP contribution in [0.25, 0.3) is 0 Å². The van der Waals surface area contributed by atoms with Gasteiger partial charge in [0.05, 0.1) is 13.2 Å². The Morgan fingerprint density at radius 2 is 1.10 bits per heavy atom. The number of hydrogen-bond acceptors (Lipinski definition) is 5. The Balaban J connectivity index is 1.67. The summed E-state index contributed by atoms with van der Waals surface area (Å²) in [7, 11) is -3.44. The van der Waals surface area contributed by atoms with E-state index in [0.717, 1.165) is 47.8 Å². The molecule has 0 heterocycles. The van der Waals surface area contributed by atoms with Crippen molar-refractivity contribution in [2.24, 2.45) is 0 Å². The highest BCUT2D eigenvalue weighted by molar-refractivity contribution is 6.84. The summed E-state index contributed by atoms with van der Waals surface area (Å²) >= 11 is 0. The lowest BCUT2D eigenvalue weighted by molar-refractivity contribution is 0.313. The van der Waals surface area contributed by atoms with E-state index in [0.29, 0.717) is 13.2 Å². The summed E-state index contributed by atoms with van der Waals surface area (Å²) < 4.78 is 18.3. The van der Waals surface area contributed by atoms with E-state index in [1.54, 1.807) is 0 Å². The Morgan fingerprint density at radius 3 is 1.48 bits per heavy atom. The number of ether oxygens (including phenoxy) is 2. The second-order valence-corrected chi connectivity index (χ2v) is 17.5. The summed E-state index contributed by atoms with van der Waals surface area (Å²) in [6.45, 7) is 10.6. The van der Waals surface area contributed by atoms with Gasteiger partial charge in [-0.25, -0.2) is 0 Å². The lowest BCUT2D eigenvalue weighted by atomic mass is 10.3. The molecular weight excluding hydrogens is 396 g/mol. The topological polar surface area (TPSA) is 79.7 Å². The smallest absolute Gasteiger partial charge is 0.173 e. The van der Waals surface area contributed by atoms with E-state index in [4.69, 9.17) is 25.1 Å². The molecule has 0 aliphatic heterocycles. The third kappa shape index (κ3) is 9.38. The molecule has 0 aliphatic rings. The zero-order valence-electron chi connectivity index (χ0n) is 18.2. The molecule has 4 N–H and O–H groups in total. The number of nitrogens with two attached hydrogens (primary N) is 2. The second kappa shape index (κ2) is 10.7. The molecule has 0 aromatic heterocycles. The van der Waals surface area contributed by atoms with E-state index in [1.807, 2.05) is 48.5 Å². The number of nitrogen functional groups attached to an aromatic ring is 2. The fraction of sp³-hybridized carbons (Fsp3) is 0.455. The van der Waals surface area contributed by atoms with E-state index in [9.17, 15) is 0 Å². The van der Waals surface area contributed by atoms with E-state index in [1.165, 1.54) is 0 Å². The molecule has 29 heavy (non-hydrogen) atoms. The van der Waals surface area contributed by atoms with Gasteiger partial charge < -0.3 is 25.1 Å². The standard InChI is InChI=1S/C22H36N2O3Si2/c1-28(2,15-7-13-25-21-11-5-9-19(23)17-21)27-29(3,4)16-8-14-26-22-12-6-10-20(24)18-22/h5-6,9-12,17-18H,7-8,13-16,23-24H2,1-4H3. The van der Waals surface area contributed by atoms with E-state index in [-0.39, 0.29) is 0 Å². The first-order valence-electron chi connectivity index (χ1n) is 10.3. The molecule has 2 aromatic rings. The highest BCUT2D eigenvalue weighted by Crippen LogP contribution is 2.24. The Kier molecular flexibility index (Phi) is 8.61. The lowest BCUT2D eigenvalue weighted by Gasteiger charge is -2.34. The van der Waals surface area contributed by atoms with Gasteiger partial charge in [0.2, 0.25) is 0 Å². The van der Waals surface area contributed by atoms with Gasteiger partial charge in [-0.3, -0.25) is 0 Å². The maximum Gasteiger partial charge on any atom is 0.173 e. The van der Waals surface area contributed by atoms with Crippen molar-refractivity contribution in [1.82, 2.24) is 0 Å². The van der Waals surface area contributed by atoms with Gasteiger partial charge in [0.15, 0.2) is 16.6 Å². The Bertz CT molecular complexity index is 706. The molecule has 160 valence electrons. The van der Waals surface area contributed by atoms with Crippen LogP contribution in [0.1, 0.15) is 12.8 Å². The van der Waals surface area contributed by atoms with Crippen molar-refractivity contribution in [3.63, 3.8) is 0 Å². The normalized spacial score (nSPS) is 12.0. The van der Waals surface area contributed by atoms with Crippen LogP contribution in [0.3, 0.4) is 0 Å². The minimum absolute atomic E-state index is 0.694. The van der Waals surface area contributed by atoms with Crippen molar-refractivity contribution in [2.75, 3.05) is 24.7 Å². The van der Waals surface area contributed by atoms with Gasteiger partial charge in [-0.2, -0.15) is 0 Å². The quantitative estimate of drug-likeness (QED) is 0.262. The number of anilines is 2. The summed E-state index contributed by atoms with van der Waals surface area (Å²) in [6, 6.07) is 17.3. The van der Waals surface area contributed by atoms with Crippen molar-refractivity contribution in [2.45, 2.75) is 51.1 Å². The molecule has 2 rings (SSSR count). The van der Waals surface area contributed by atoms with Crippen molar-refractivity contribution in [3.05, 3.63) is 48.5 Å². The van der Waals surface area contributed by atoms with E-state index >= 15 is 0 Å². The van der Waals surface area contributed by atoms with E-state index < -0.39 is 16.6 Å². The predicted molar refractivity (Wildman–Crippen MR) is 128 cm³/mol. The van der Waals surface area contributed by atoms with Gasteiger partial charge in [0, 0.05) is 23.5 Å². The van der Waals surface area contributed by atoms with Crippen LogP contribution in [0, 0.1) is 0 Å².